The molecule has 31 heavy (non-hydrogen) atoms. The van der Waals surface area contributed by atoms with Gasteiger partial charge >= 0.3 is 17.9 Å². The van der Waals surface area contributed by atoms with Crippen LogP contribution in [0.2, 0.25) is 0 Å². The van der Waals surface area contributed by atoms with Gasteiger partial charge in [-0.15, -0.1) is 0 Å². The lowest BCUT2D eigenvalue weighted by atomic mass is 9.79. The Kier molecular flexibility index (Phi) is 14.3. The van der Waals surface area contributed by atoms with E-state index in [0.29, 0.717) is 0 Å². The molecule has 1 N–H and O–H groups in total. The van der Waals surface area contributed by atoms with E-state index in [1.165, 1.54) is 11.1 Å². The first-order chi connectivity index (χ1) is 14.6. The molecule has 0 saturated heterocycles. The number of hydrogen-bond donors (Lipinski definition) is 1. The average molecular weight is 437 g/mol. The van der Waals surface area contributed by atoms with Crippen LogP contribution < -0.4 is 0 Å². The number of esters is 2. The number of ether oxygens (including phenoxy) is 2. The fourth-order valence-electron chi connectivity index (χ4n) is 3.10. The van der Waals surface area contributed by atoms with Crippen molar-refractivity contribution < 1.29 is 29.0 Å². The standard InChI is InChI=1S/C25H40O6/c1-7-30-23(28)25(18-16-22(26)27,24(29)31-8-2)17-15-21(6)14-10-13-20(5)12-9-11-19(3)4/h11,13,15H,7-10,12,14,16-18H2,1-6H3,(H,26,27). The number of carbonyl (C=O) groups excluding carboxylic acids is 2. The average Bonchev–Trinajstić information content (AvgIpc) is 2.68. The first-order valence-electron chi connectivity index (χ1n) is 11.1. The Morgan fingerprint density at radius 3 is 1.71 bits per heavy atom. The molecule has 0 spiro atoms. The minimum absolute atomic E-state index is 0.0625. The molecule has 0 unspecified atom stereocenters. The molecule has 0 aromatic heterocycles. The molecule has 0 aliphatic heterocycles. The van der Waals surface area contributed by atoms with Crippen molar-refractivity contribution in [1.29, 1.82) is 0 Å². The Bertz CT molecular complexity index is 662. The Morgan fingerprint density at radius 1 is 0.774 bits per heavy atom. The summed E-state index contributed by atoms with van der Waals surface area (Å²) in [4.78, 5) is 36.5. The highest BCUT2D eigenvalue weighted by molar-refractivity contribution is 6.00. The summed E-state index contributed by atoms with van der Waals surface area (Å²) < 4.78 is 10.3. The highest BCUT2D eigenvalue weighted by Crippen LogP contribution is 2.33. The van der Waals surface area contributed by atoms with Crippen LogP contribution in [0.25, 0.3) is 0 Å². The Hall–Kier alpha value is -2.37. The molecule has 0 saturated carbocycles. The number of allylic oxidation sites excluding steroid dienone is 6. The predicted molar refractivity (Wildman–Crippen MR) is 123 cm³/mol. The van der Waals surface area contributed by atoms with Crippen LogP contribution in [0.1, 0.15) is 86.5 Å². The van der Waals surface area contributed by atoms with Crippen molar-refractivity contribution in [2.75, 3.05) is 13.2 Å². The van der Waals surface area contributed by atoms with Gasteiger partial charge < -0.3 is 14.6 Å². The smallest absolute Gasteiger partial charge is 0.323 e. The summed E-state index contributed by atoms with van der Waals surface area (Å²) in [6, 6.07) is 0. The van der Waals surface area contributed by atoms with Gasteiger partial charge in [-0.1, -0.05) is 34.9 Å². The molecule has 0 aliphatic rings. The van der Waals surface area contributed by atoms with Crippen molar-refractivity contribution in [2.24, 2.45) is 5.41 Å². The van der Waals surface area contributed by atoms with Gasteiger partial charge in [-0.05, 0) is 80.1 Å². The van der Waals surface area contributed by atoms with E-state index in [2.05, 4.69) is 32.9 Å². The van der Waals surface area contributed by atoms with E-state index in [-0.39, 0.29) is 32.5 Å². The summed E-state index contributed by atoms with van der Waals surface area (Å²) in [6.45, 7) is 11.8. The maximum Gasteiger partial charge on any atom is 0.323 e. The van der Waals surface area contributed by atoms with Crippen molar-refractivity contribution in [3.05, 3.63) is 34.9 Å². The van der Waals surface area contributed by atoms with Gasteiger partial charge in [0, 0.05) is 6.42 Å². The topological polar surface area (TPSA) is 89.9 Å². The summed E-state index contributed by atoms with van der Waals surface area (Å²) in [5.74, 6) is -2.53. The van der Waals surface area contributed by atoms with Gasteiger partial charge in [0.15, 0.2) is 5.41 Å². The molecular formula is C25H40O6. The molecule has 0 aromatic carbocycles. The van der Waals surface area contributed by atoms with Crippen molar-refractivity contribution in [1.82, 2.24) is 0 Å². The lowest BCUT2D eigenvalue weighted by Gasteiger charge is -2.28. The number of carbonyl (C=O) groups is 3. The van der Waals surface area contributed by atoms with E-state index in [1.807, 2.05) is 13.0 Å². The van der Waals surface area contributed by atoms with Gasteiger partial charge in [0.25, 0.3) is 0 Å². The summed E-state index contributed by atoms with van der Waals surface area (Å²) in [6.07, 6.45) is 9.57. The SMILES string of the molecule is CCOC(=O)C(CC=C(C)CCC=C(C)CCC=C(C)C)(CCC(=O)O)C(=O)OCC. The molecule has 0 rings (SSSR count). The van der Waals surface area contributed by atoms with E-state index in [1.54, 1.807) is 13.8 Å². The van der Waals surface area contributed by atoms with E-state index < -0.39 is 23.3 Å². The van der Waals surface area contributed by atoms with E-state index >= 15 is 0 Å². The number of carboxylic acids is 1. The highest BCUT2D eigenvalue weighted by Gasteiger charge is 2.48. The van der Waals surface area contributed by atoms with Gasteiger partial charge in [0.05, 0.1) is 13.2 Å². The van der Waals surface area contributed by atoms with E-state index in [0.717, 1.165) is 31.3 Å². The molecule has 0 aromatic rings. The molecule has 176 valence electrons. The quantitative estimate of drug-likeness (QED) is 0.199. The predicted octanol–water partition coefficient (Wildman–Crippen LogP) is 5.77. The molecular weight excluding hydrogens is 396 g/mol. The third-order valence-electron chi connectivity index (χ3n) is 5.02. The van der Waals surface area contributed by atoms with Crippen molar-refractivity contribution in [3.8, 4) is 0 Å². The molecule has 0 amide bonds. The Balaban J connectivity index is 5.32. The zero-order valence-corrected chi connectivity index (χ0v) is 20.1. The number of aliphatic carboxylic acids is 1. The first kappa shape index (κ1) is 28.6. The second-order valence-electron chi connectivity index (χ2n) is 8.08. The molecule has 6 nitrogen and oxygen atoms in total. The monoisotopic (exact) mass is 436 g/mol. The van der Waals surface area contributed by atoms with Crippen LogP contribution in [0.15, 0.2) is 34.9 Å². The molecule has 0 fully saturated rings. The minimum atomic E-state index is -1.64. The van der Waals surface area contributed by atoms with E-state index in [4.69, 9.17) is 14.6 Å². The number of carboxylic acid groups (broad SMARTS) is 1. The largest absolute Gasteiger partial charge is 0.481 e. The number of hydrogen-bond acceptors (Lipinski definition) is 5. The van der Waals surface area contributed by atoms with Crippen LogP contribution in [-0.2, 0) is 23.9 Å². The molecule has 6 heteroatoms. The molecule has 0 radical (unpaired) electrons. The molecule has 0 atom stereocenters. The second kappa shape index (κ2) is 15.4. The Morgan fingerprint density at radius 2 is 1.26 bits per heavy atom. The Labute approximate surface area is 187 Å². The van der Waals surface area contributed by atoms with Gasteiger partial charge in [0.2, 0.25) is 0 Å². The third-order valence-corrected chi connectivity index (χ3v) is 5.02. The molecule has 0 aliphatic carbocycles. The zero-order valence-electron chi connectivity index (χ0n) is 20.1. The third kappa shape index (κ3) is 11.6. The van der Waals surface area contributed by atoms with Gasteiger partial charge in [-0.3, -0.25) is 14.4 Å². The van der Waals surface area contributed by atoms with Crippen LogP contribution in [0.3, 0.4) is 0 Å². The minimum Gasteiger partial charge on any atom is -0.481 e. The van der Waals surface area contributed by atoms with Crippen LogP contribution in [-0.4, -0.2) is 36.2 Å². The van der Waals surface area contributed by atoms with Gasteiger partial charge in [-0.25, -0.2) is 0 Å². The maximum absolute atomic E-state index is 12.7. The van der Waals surface area contributed by atoms with Crippen LogP contribution in [0.4, 0.5) is 0 Å². The van der Waals surface area contributed by atoms with Crippen molar-refractivity contribution in [2.45, 2.75) is 86.5 Å². The first-order valence-corrected chi connectivity index (χ1v) is 11.1. The summed E-state index contributed by atoms with van der Waals surface area (Å²) >= 11 is 0. The molecule has 0 heterocycles. The summed E-state index contributed by atoms with van der Waals surface area (Å²) in [5.41, 5.74) is 2.05. The zero-order chi connectivity index (χ0) is 23.9. The van der Waals surface area contributed by atoms with Crippen LogP contribution >= 0.6 is 0 Å². The van der Waals surface area contributed by atoms with E-state index in [9.17, 15) is 14.4 Å². The van der Waals surface area contributed by atoms with Crippen LogP contribution in [0, 0.1) is 5.41 Å². The highest BCUT2D eigenvalue weighted by atomic mass is 16.6. The summed E-state index contributed by atoms with van der Waals surface area (Å²) in [5, 5.41) is 9.11. The van der Waals surface area contributed by atoms with Crippen molar-refractivity contribution >= 4 is 17.9 Å². The fourth-order valence-corrected chi connectivity index (χ4v) is 3.10. The lowest BCUT2D eigenvalue weighted by Crippen LogP contribution is -2.42. The second-order valence-corrected chi connectivity index (χ2v) is 8.08. The van der Waals surface area contributed by atoms with Crippen LogP contribution in [0.5, 0.6) is 0 Å². The van der Waals surface area contributed by atoms with Gasteiger partial charge in [0.1, 0.15) is 0 Å². The summed E-state index contributed by atoms with van der Waals surface area (Å²) in [7, 11) is 0. The number of rotatable bonds is 15. The van der Waals surface area contributed by atoms with Gasteiger partial charge in [-0.2, -0.15) is 0 Å². The maximum atomic E-state index is 12.7. The van der Waals surface area contributed by atoms with Crippen molar-refractivity contribution in [3.63, 3.8) is 0 Å². The fraction of sp³-hybridized carbons (Fsp3) is 0.640. The molecule has 0 bridgehead atoms. The normalized spacial score (nSPS) is 12.3. The lowest BCUT2D eigenvalue weighted by molar-refractivity contribution is -0.172.